The van der Waals surface area contributed by atoms with Gasteiger partial charge >= 0.3 is 0 Å². The van der Waals surface area contributed by atoms with E-state index >= 15 is 0 Å². The van der Waals surface area contributed by atoms with Crippen LogP contribution in [-0.4, -0.2) is 80.6 Å². The van der Waals surface area contributed by atoms with Crippen molar-refractivity contribution >= 4 is 65.5 Å². The Morgan fingerprint density at radius 2 is 1.60 bits per heavy atom. The largest absolute Gasteiger partial charge is 0.414 e. The Morgan fingerprint density at radius 3 is 2.29 bits per heavy atom. The van der Waals surface area contributed by atoms with E-state index in [0.717, 1.165) is 16.4 Å². The number of rotatable bonds is 7. The summed E-state index contributed by atoms with van der Waals surface area (Å²) >= 11 is 9.42. The van der Waals surface area contributed by atoms with Crippen molar-refractivity contribution in [2.45, 2.75) is 93.4 Å². The lowest BCUT2D eigenvalue weighted by Crippen LogP contribution is -2.44. The van der Waals surface area contributed by atoms with Gasteiger partial charge in [-0.1, -0.05) is 55.9 Å². The van der Waals surface area contributed by atoms with Crippen LogP contribution >= 0.6 is 35.1 Å². The molecule has 14 heteroatoms. The molecule has 0 bridgehead atoms. The normalized spacial score (nSPS) is 24.2. The maximum atomic E-state index is 6.70. The van der Waals surface area contributed by atoms with Crippen LogP contribution in [0.25, 0.3) is 27.9 Å². The fourth-order valence-corrected chi connectivity index (χ4v) is 7.23. The van der Waals surface area contributed by atoms with Gasteiger partial charge in [-0.15, -0.1) is 0 Å². The molecule has 2 fully saturated rings. The molecule has 226 valence electrons. The molecule has 6 heterocycles. The zero-order valence-electron chi connectivity index (χ0n) is 25.3. The molecule has 2 aliphatic heterocycles. The Hall–Kier alpha value is -1.71. The summed E-state index contributed by atoms with van der Waals surface area (Å²) < 4.78 is 30.1. The molecule has 0 aliphatic carbocycles. The first-order chi connectivity index (χ1) is 19.7. The van der Waals surface area contributed by atoms with Crippen LogP contribution in [0.15, 0.2) is 34.8 Å². The molecular formula is C28H37ClN6O4S2Si. The van der Waals surface area contributed by atoms with E-state index in [-0.39, 0.29) is 23.4 Å². The predicted octanol–water partition coefficient (Wildman–Crippen LogP) is 6.70. The average Bonchev–Trinajstić information content (AvgIpc) is 3.67. The van der Waals surface area contributed by atoms with E-state index < -0.39 is 20.3 Å². The van der Waals surface area contributed by atoms with Crippen molar-refractivity contribution in [2.24, 2.45) is 0 Å². The first kappa shape index (κ1) is 30.3. The molecule has 6 rings (SSSR count). The molecule has 0 radical (unpaired) electrons. The number of fused-ring (bicyclic) bond motifs is 3. The van der Waals surface area contributed by atoms with Crippen molar-refractivity contribution in [1.82, 2.24) is 29.1 Å². The molecule has 4 aromatic heterocycles. The van der Waals surface area contributed by atoms with E-state index in [1.165, 1.54) is 23.5 Å². The zero-order valence-corrected chi connectivity index (χ0v) is 28.7. The number of halogens is 1. The van der Waals surface area contributed by atoms with E-state index in [9.17, 15) is 0 Å². The fourth-order valence-electron chi connectivity index (χ4n) is 5.22. The van der Waals surface area contributed by atoms with E-state index in [1.54, 1.807) is 0 Å². The quantitative estimate of drug-likeness (QED) is 0.0931. The van der Waals surface area contributed by atoms with Gasteiger partial charge in [-0.25, -0.2) is 19.9 Å². The lowest BCUT2D eigenvalue weighted by Gasteiger charge is -2.37. The molecule has 0 aromatic carbocycles. The van der Waals surface area contributed by atoms with Crippen molar-refractivity contribution in [3.8, 4) is 5.82 Å². The molecule has 0 unspecified atom stereocenters. The van der Waals surface area contributed by atoms with Crippen molar-refractivity contribution in [1.29, 1.82) is 0 Å². The minimum Gasteiger partial charge on any atom is -0.414 e. The van der Waals surface area contributed by atoms with Gasteiger partial charge in [0.2, 0.25) is 0 Å². The molecule has 2 aliphatic rings. The van der Waals surface area contributed by atoms with Crippen molar-refractivity contribution in [2.75, 3.05) is 19.1 Å². The summed E-state index contributed by atoms with van der Waals surface area (Å²) in [4.78, 5) is 19.0. The molecule has 0 N–H and O–H groups in total. The van der Waals surface area contributed by atoms with Crippen LogP contribution in [0.1, 0.15) is 40.8 Å². The van der Waals surface area contributed by atoms with Crippen LogP contribution in [0.4, 0.5) is 0 Å². The van der Waals surface area contributed by atoms with Crippen molar-refractivity contribution in [3.05, 3.63) is 29.7 Å². The topological polar surface area (TPSA) is 98.3 Å². The lowest BCUT2D eigenvalue weighted by molar-refractivity contribution is -0.199. The molecule has 0 saturated carbocycles. The second kappa shape index (κ2) is 10.7. The van der Waals surface area contributed by atoms with E-state index in [1.807, 2.05) is 60.0 Å². The molecule has 2 saturated heterocycles. The lowest BCUT2D eigenvalue weighted by atomic mass is 10.1. The molecule has 10 nitrogen and oxygen atoms in total. The van der Waals surface area contributed by atoms with Gasteiger partial charge in [0.25, 0.3) is 0 Å². The maximum absolute atomic E-state index is 6.70. The molecule has 4 atom stereocenters. The first-order valence-corrected chi connectivity index (χ1v) is 19.6. The van der Waals surface area contributed by atoms with E-state index in [2.05, 4.69) is 38.8 Å². The fraction of sp³-hybridized carbons (Fsp3) is 0.571. The third-order valence-electron chi connectivity index (χ3n) is 8.42. The standard InChI is InChI=1S/C28H37ClN6O4S2Si/c1-27(2,3)42(8,9)36-14-17-18-19(39-28(4,5)38-18)24(37-17)35-13-11-16-22(32-26(41-7)33-23(16)35)34-12-10-15-20(29)30-25(40-6)31-21(15)34/h10-13,17-19,24H,14H2,1-9H3/t17-,18-,19-,24-/m1/s1. The number of aromatic nitrogens is 6. The number of hydrogen-bond acceptors (Lipinski definition) is 10. The van der Waals surface area contributed by atoms with Crippen LogP contribution in [0, 0.1) is 0 Å². The Kier molecular flexibility index (Phi) is 7.74. The summed E-state index contributed by atoms with van der Waals surface area (Å²) in [5, 5.41) is 3.33. The second-order valence-electron chi connectivity index (χ2n) is 12.6. The van der Waals surface area contributed by atoms with Crippen LogP contribution in [0.2, 0.25) is 23.3 Å². The van der Waals surface area contributed by atoms with Crippen LogP contribution in [0.3, 0.4) is 0 Å². The van der Waals surface area contributed by atoms with Crippen LogP contribution < -0.4 is 0 Å². The van der Waals surface area contributed by atoms with Gasteiger partial charge in [-0.3, -0.25) is 4.57 Å². The summed E-state index contributed by atoms with van der Waals surface area (Å²) in [6, 6.07) is 3.92. The minimum absolute atomic E-state index is 0.0866. The summed E-state index contributed by atoms with van der Waals surface area (Å²) in [5.74, 6) is -0.0331. The van der Waals surface area contributed by atoms with Crippen molar-refractivity contribution in [3.63, 3.8) is 0 Å². The SMILES string of the molecule is CSc1nc(Cl)c2ccn(-c3nc(SC)nc4c3ccn4[C@@H]3O[C@H](CO[Si](C)(C)C(C)(C)C)[C@H]4OC(C)(C)O[C@H]43)c2n1. The number of thioether (sulfide) groups is 2. The van der Waals surface area contributed by atoms with Gasteiger partial charge < -0.3 is 23.2 Å². The first-order valence-electron chi connectivity index (χ1n) is 13.9. The monoisotopic (exact) mass is 648 g/mol. The Labute approximate surface area is 260 Å². The zero-order chi connectivity index (χ0) is 30.2. The highest BCUT2D eigenvalue weighted by molar-refractivity contribution is 7.98. The van der Waals surface area contributed by atoms with Gasteiger partial charge in [0.1, 0.15) is 29.1 Å². The Bertz CT molecular complexity index is 1650. The Balaban J connectivity index is 1.42. The predicted molar refractivity (Wildman–Crippen MR) is 169 cm³/mol. The minimum atomic E-state index is -2.00. The van der Waals surface area contributed by atoms with E-state index in [4.69, 9.17) is 45.2 Å². The third kappa shape index (κ3) is 5.19. The van der Waals surface area contributed by atoms with Gasteiger partial charge in [-0.2, -0.15) is 0 Å². The van der Waals surface area contributed by atoms with Crippen LogP contribution in [0.5, 0.6) is 0 Å². The van der Waals surface area contributed by atoms with Gasteiger partial charge in [-0.05, 0) is 56.6 Å². The van der Waals surface area contributed by atoms with Gasteiger partial charge in [0.05, 0.1) is 17.4 Å². The number of ether oxygens (including phenoxy) is 3. The summed E-state index contributed by atoms with van der Waals surface area (Å²) in [6.07, 6.45) is 6.45. The summed E-state index contributed by atoms with van der Waals surface area (Å²) in [6.45, 7) is 15.5. The molecule has 4 aromatic rings. The average molecular weight is 649 g/mol. The molecule has 0 spiro atoms. The number of nitrogens with zero attached hydrogens (tertiary/aromatic N) is 6. The second-order valence-corrected chi connectivity index (χ2v) is 19.3. The van der Waals surface area contributed by atoms with Crippen molar-refractivity contribution < 1.29 is 18.6 Å². The third-order valence-corrected chi connectivity index (χ3v) is 14.3. The van der Waals surface area contributed by atoms with Crippen LogP contribution in [-0.2, 0) is 18.6 Å². The van der Waals surface area contributed by atoms with E-state index in [0.29, 0.717) is 33.5 Å². The molecular weight excluding hydrogens is 612 g/mol. The molecule has 42 heavy (non-hydrogen) atoms. The smallest absolute Gasteiger partial charge is 0.192 e. The number of hydrogen-bond donors (Lipinski definition) is 0. The Morgan fingerprint density at radius 1 is 0.952 bits per heavy atom. The maximum Gasteiger partial charge on any atom is 0.192 e. The highest BCUT2D eigenvalue weighted by atomic mass is 35.5. The summed E-state index contributed by atoms with van der Waals surface area (Å²) in [5.41, 5.74) is 1.42. The highest BCUT2D eigenvalue weighted by Gasteiger charge is 2.56. The van der Waals surface area contributed by atoms with Gasteiger partial charge in [0.15, 0.2) is 42.1 Å². The molecule has 0 amide bonds. The highest BCUT2D eigenvalue weighted by Crippen LogP contribution is 2.45. The summed E-state index contributed by atoms with van der Waals surface area (Å²) in [7, 11) is -2.00. The van der Waals surface area contributed by atoms with Gasteiger partial charge in [0, 0.05) is 12.4 Å².